The van der Waals surface area contributed by atoms with Crippen molar-refractivity contribution in [2.24, 2.45) is 23.2 Å². The van der Waals surface area contributed by atoms with Crippen molar-refractivity contribution in [2.45, 2.75) is 69.2 Å². The fourth-order valence-corrected chi connectivity index (χ4v) is 6.99. The maximum absolute atomic E-state index is 12.4. The van der Waals surface area contributed by atoms with E-state index in [1.807, 2.05) is 17.8 Å². The first-order valence-electron chi connectivity index (χ1n) is 10.1. The van der Waals surface area contributed by atoms with Crippen LogP contribution in [0.2, 0.25) is 0 Å². The van der Waals surface area contributed by atoms with Gasteiger partial charge in [0.05, 0.1) is 0 Å². The van der Waals surface area contributed by atoms with Crippen molar-refractivity contribution in [3.63, 3.8) is 0 Å². The fraction of sp³-hybridized carbons (Fsp3) is 0.682. The molecule has 4 saturated carbocycles. The molecule has 25 heavy (non-hydrogen) atoms. The third-order valence-corrected chi connectivity index (χ3v) is 8.04. The summed E-state index contributed by atoms with van der Waals surface area (Å²) in [5.74, 6) is 4.13. The van der Waals surface area contributed by atoms with Gasteiger partial charge in [-0.3, -0.25) is 4.79 Å². The van der Waals surface area contributed by atoms with Crippen molar-refractivity contribution in [1.82, 2.24) is 5.32 Å². The van der Waals surface area contributed by atoms with Crippen LogP contribution in [0.15, 0.2) is 35.2 Å². The number of hydrogen-bond donors (Lipinski definition) is 1. The molecule has 1 unspecified atom stereocenters. The van der Waals surface area contributed by atoms with Gasteiger partial charge in [0.2, 0.25) is 5.91 Å². The van der Waals surface area contributed by atoms with Gasteiger partial charge < -0.3 is 5.32 Å². The zero-order chi connectivity index (χ0) is 17.3. The van der Waals surface area contributed by atoms with Crippen LogP contribution < -0.4 is 5.32 Å². The first kappa shape index (κ1) is 17.5. The van der Waals surface area contributed by atoms with Crippen LogP contribution in [-0.2, 0) is 4.79 Å². The second-order valence-electron chi connectivity index (χ2n) is 8.83. The Kier molecular flexibility index (Phi) is 5.13. The molecule has 4 bridgehead atoms. The van der Waals surface area contributed by atoms with Gasteiger partial charge in [0.25, 0.3) is 0 Å². The summed E-state index contributed by atoms with van der Waals surface area (Å²) in [6, 6.07) is 10.8. The Morgan fingerprint density at radius 3 is 2.32 bits per heavy atom. The van der Waals surface area contributed by atoms with Crippen LogP contribution in [0.4, 0.5) is 0 Å². The van der Waals surface area contributed by atoms with E-state index in [-0.39, 0.29) is 5.91 Å². The van der Waals surface area contributed by atoms with Gasteiger partial charge in [-0.1, -0.05) is 18.2 Å². The highest BCUT2D eigenvalue weighted by atomic mass is 32.2. The number of carbonyl (C=O) groups excluding carboxylic acids is 1. The van der Waals surface area contributed by atoms with Crippen LogP contribution in [0.3, 0.4) is 0 Å². The number of rotatable bonds is 7. The Hall–Kier alpha value is -0.960. The number of carbonyl (C=O) groups is 1. The zero-order valence-electron chi connectivity index (χ0n) is 15.4. The fourth-order valence-electron chi connectivity index (χ4n) is 6.11. The highest BCUT2D eigenvalue weighted by molar-refractivity contribution is 7.99. The second-order valence-corrected chi connectivity index (χ2v) is 10.0. The predicted octanol–water partition coefficient (Wildman–Crippen LogP) is 5.28. The first-order valence-corrected chi connectivity index (χ1v) is 11.1. The van der Waals surface area contributed by atoms with E-state index in [1.165, 1.54) is 43.4 Å². The van der Waals surface area contributed by atoms with Crippen LogP contribution in [-0.4, -0.2) is 17.7 Å². The van der Waals surface area contributed by atoms with E-state index >= 15 is 0 Å². The summed E-state index contributed by atoms with van der Waals surface area (Å²) in [5.41, 5.74) is 0.420. The Bertz CT molecular complexity index is 564. The van der Waals surface area contributed by atoms with Crippen molar-refractivity contribution >= 4 is 17.7 Å². The van der Waals surface area contributed by atoms with Gasteiger partial charge in [-0.05, 0) is 92.9 Å². The summed E-state index contributed by atoms with van der Waals surface area (Å²) in [6.07, 6.45) is 10.1. The predicted molar refractivity (Wildman–Crippen MR) is 105 cm³/mol. The topological polar surface area (TPSA) is 29.1 Å². The zero-order valence-corrected chi connectivity index (χ0v) is 16.2. The van der Waals surface area contributed by atoms with E-state index in [0.29, 0.717) is 17.9 Å². The molecule has 0 aliphatic heterocycles. The van der Waals surface area contributed by atoms with E-state index in [0.717, 1.165) is 29.9 Å². The lowest BCUT2D eigenvalue weighted by atomic mass is 9.48. The molecule has 1 amide bonds. The minimum Gasteiger partial charge on any atom is -0.353 e. The molecule has 2 nitrogen and oxygen atoms in total. The molecule has 1 N–H and O–H groups in total. The largest absolute Gasteiger partial charge is 0.353 e. The van der Waals surface area contributed by atoms with Gasteiger partial charge in [-0.2, -0.15) is 0 Å². The van der Waals surface area contributed by atoms with E-state index < -0.39 is 0 Å². The van der Waals surface area contributed by atoms with Crippen molar-refractivity contribution in [3.05, 3.63) is 30.3 Å². The van der Waals surface area contributed by atoms with E-state index in [9.17, 15) is 4.79 Å². The Morgan fingerprint density at radius 2 is 1.72 bits per heavy atom. The third-order valence-electron chi connectivity index (χ3n) is 6.94. The average Bonchev–Trinajstić information content (AvgIpc) is 2.58. The lowest BCUT2D eigenvalue weighted by Crippen LogP contribution is -2.55. The summed E-state index contributed by atoms with van der Waals surface area (Å²) >= 11 is 1.85. The maximum Gasteiger partial charge on any atom is 0.220 e. The average molecular weight is 358 g/mol. The number of hydrogen-bond acceptors (Lipinski definition) is 2. The summed E-state index contributed by atoms with van der Waals surface area (Å²) in [6.45, 7) is 2.28. The van der Waals surface area contributed by atoms with E-state index in [4.69, 9.17) is 0 Å². The van der Waals surface area contributed by atoms with Gasteiger partial charge in [0.1, 0.15) is 0 Å². The molecule has 1 atom stereocenters. The SMILES string of the molecule is CC(NC(=O)CCCSc1ccccc1)C12CC3CC(CC(C3)C1)C2. The van der Waals surface area contributed by atoms with E-state index in [1.54, 1.807) is 0 Å². The number of nitrogens with one attached hydrogen (secondary N) is 1. The lowest BCUT2D eigenvalue weighted by molar-refractivity contribution is -0.125. The van der Waals surface area contributed by atoms with Crippen LogP contribution in [0.25, 0.3) is 0 Å². The third kappa shape index (κ3) is 3.92. The Balaban J connectivity index is 1.22. The van der Waals surface area contributed by atoms with Gasteiger partial charge in [-0.15, -0.1) is 11.8 Å². The summed E-state index contributed by atoms with van der Waals surface area (Å²) in [5, 5.41) is 3.39. The quantitative estimate of drug-likeness (QED) is 0.531. The van der Waals surface area contributed by atoms with Gasteiger partial charge in [-0.25, -0.2) is 0 Å². The van der Waals surface area contributed by atoms with Gasteiger partial charge in [0.15, 0.2) is 0 Å². The van der Waals surface area contributed by atoms with Crippen molar-refractivity contribution in [1.29, 1.82) is 0 Å². The second kappa shape index (κ2) is 7.34. The highest BCUT2D eigenvalue weighted by Gasteiger charge is 2.53. The molecule has 0 heterocycles. The van der Waals surface area contributed by atoms with Crippen LogP contribution in [0, 0.1) is 23.2 Å². The molecule has 136 valence electrons. The van der Waals surface area contributed by atoms with Crippen molar-refractivity contribution in [2.75, 3.05) is 5.75 Å². The molecule has 1 aromatic rings. The van der Waals surface area contributed by atoms with Gasteiger partial charge >= 0.3 is 0 Å². The summed E-state index contributed by atoms with van der Waals surface area (Å²) in [7, 11) is 0. The maximum atomic E-state index is 12.4. The standard InChI is InChI=1S/C22H31NOS/c1-16(22-13-17-10-18(14-22)12-19(11-17)15-22)23-21(24)8-5-9-25-20-6-3-2-4-7-20/h2-4,6-7,16-19H,5,8-15H2,1H3,(H,23,24). The Morgan fingerprint density at radius 1 is 1.12 bits per heavy atom. The number of amides is 1. The first-order chi connectivity index (χ1) is 12.1. The highest BCUT2D eigenvalue weighted by Crippen LogP contribution is 2.61. The molecule has 4 fully saturated rings. The van der Waals surface area contributed by atoms with Crippen molar-refractivity contribution < 1.29 is 4.79 Å². The minimum atomic E-state index is 0.261. The molecule has 1 aromatic carbocycles. The summed E-state index contributed by atoms with van der Waals surface area (Å²) in [4.78, 5) is 13.7. The molecule has 0 saturated heterocycles. The molecule has 0 spiro atoms. The molecule has 5 rings (SSSR count). The van der Waals surface area contributed by atoms with E-state index in [2.05, 4.69) is 36.5 Å². The summed E-state index contributed by atoms with van der Waals surface area (Å²) < 4.78 is 0. The van der Waals surface area contributed by atoms with Gasteiger partial charge in [0, 0.05) is 17.4 Å². The normalized spacial score (nSPS) is 34.0. The Labute approximate surface area is 156 Å². The molecular formula is C22H31NOS. The molecule has 3 heteroatoms. The van der Waals surface area contributed by atoms with Crippen molar-refractivity contribution in [3.8, 4) is 0 Å². The van der Waals surface area contributed by atoms with Crippen LogP contribution in [0.1, 0.15) is 58.3 Å². The molecular weight excluding hydrogens is 326 g/mol. The molecule has 4 aliphatic carbocycles. The van der Waals surface area contributed by atoms with Crippen LogP contribution >= 0.6 is 11.8 Å². The molecule has 0 radical (unpaired) electrons. The lowest BCUT2D eigenvalue weighted by Gasteiger charge is -2.59. The minimum absolute atomic E-state index is 0.261. The molecule has 0 aromatic heterocycles. The monoisotopic (exact) mass is 357 g/mol. The van der Waals surface area contributed by atoms with Crippen LogP contribution in [0.5, 0.6) is 0 Å². The molecule has 4 aliphatic rings. The number of thioether (sulfide) groups is 1. The smallest absolute Gasteiger partial charge is 0.220 e. The number of benzene rings is 1.